The molecule has 1 aromatic heterocycles. The van der Waals surface area contributed by atoms with Crippen molar-refractivity contribution in [1.82, 2.24) is 4.98 Å². The molecule has 0 radical (unpaired) electrons. The molecule has 1 aromatic carbocycles. The van der Waals surface area contributed by atoms with Crippen LogP contribution in [0.25, 0.3) is 11.3 Å². The molecule has 0 atom stereocenters. The van der Waals surface area contributed by atoms with Crippen LogP contribution in [0, 0.1) is 0 Å². The Morgan fingerprint density at radius 2 is 2.05 bits per heavy atom. The molecule has 1 heterocycles. The minimum Gasteiger partial charge on any atom is -0.359 e. The van der Waals surface area contributed by atoms with Gasteiger partial charge < -0.3 is 5.32 Å². The highest BCUT2D eigenvalue weighted by molar-refractivity contribution is 7.14. The first-order valence-electron chi connectivity index (χ1n) is 5.92. The van der Waals surface area contributed by atoms with E-state index in [1.165, 1.54) is 17.4 Å². The topological polar surface area (TPSA) is 24.9 Å². The molecule has 1 aliphatic carbocycles. The summed E-state index contributed by atoms with van der Waals surface area (Å²) >= 11 is 1.42. The van der Waals surface area contributed by atoms with Crippen molar-refractivity contribution in [2.24, 2.45) is 0 Å². The first-order chi connectivity index (χ1) is 9.02. The van der Waals surface area contributed by atoms with Crippen molar-refractivity contribution in [3.8, 4) is 11.3 Å². The summed E-state index contributed by atoms with van der Waals surface area (Å²) in [6, 6.07) is 5.74. The third-order valence-corrected chi connectivity index (χ3v) is 3.67. The minimum absolute atomic E-state index is 0.487. The van der Waals surface area contributed by atoms with Gasteiger partial charge in [-0.15, -0.1) is 11.3 Å². The lowest BCUT2D eigenvalue weighted by atomic mass is 10.1. The van der Waals surface area contributed by atoms with Crippen molar-refractivity contribution < 1.29 is 13.2 Å². The van der Waals surface area contributed by atoms with E-state index in [0.29, 0.717) is 17.3 Å². The fourth-order valence-corrected chi connectivity index (χ4v) is 2.53. The lowest BCUT2D eigenvalue weighted by Crippen LogP contribution is -2.04. The maximum atomic E-state index is 12.6. The summed E-state index contributed by atoms with van der Waals surface area (Å²) in [4.78, 5) is 4.32. The number of rotatable bonds is 3. The van der Waals surface area contributed by atoms with Crippen LogP contribution in [0.2, 0.25) is 0 Å². The molecule has 19 heavy (non-hydrogen) atoms. The van der Waals surface area contributed by atoms with Gasteiger partial charge in [0.05, 0.1) is 11.3 Å². The molecule has 1 aliphatic rings. The van der Waals surface area contributed by atoms with E-state index in [1.807, 2.05) is 0 Å². The van der Waals surface area contributed by atoms with E-state index in [9.17, 15) is 13.2 Å². The maximum absolute atomic E-state index is 12.6. The Kier molecular flexibility index (Phi) is 2.97. The van der Waals surface area contributed by atoms with Gasteiger partial charge >= 0.3 is 6.18 Å². The van der Waals surface area contributed by atoms with E-state index >= 15 is 0 Å². The smallest absolute Gasteiger partial charge is 0.359 e. The molecular formula is C13H11F3N2S. The monoisotopic (exact) mass is 284 g/mol. The van der Waals surface area contributed by atoms with Gasteiger partial charge in [0.1, 0.15) is 0 Å². The zero-order valence-electron chi connectivity index (χ0n) is 9.87. The number of anilines is 1. The zero-order chi connectivity index (χ0) is 13.5. The average molecular weight is 284 g/mol. The Balaban J connectivity index is 1.86. The summed E-state index contributed by atoms with van der Waals surface area (Å²) in [6.07, 6.45) is -2.04. The van der Waals surface area contributed by atoms with Crippen molar-refractivity contribution in [2.75, 3.05) is 5.32 Å². The molecule has 3 rings (SSSR count). The summed E-state index contributed by atoms with van der Waals surface area (Å²) < 4.78 is 37.9. The molecule has 0 spiro atoms. The molecule has 0 amide bonds. The van der Waals surface area contributed by atoms with Gasteiger partial charge in [0.25, 0.3) is 0 Å². The number of benzene rings is 1. The largest absolute Gasteiger partial charge is 0.416 e. The molecule has 100 valence electrons. The highest BCUT2D eigenvalue weighted by Gasteiger charge is 2.30. The second-order valence-electron chi connectivity index (χ2n) is 4.54. The third-order valence-electron chi connectivity index (χ3n) is 2.89. The second kappa shape index (κ2) is 4.52. The van der Waals surface area contributed by atoms with Crippen LogP contribution < -0.4 is 5.32 Å². The van der Waals surface area contributed by atoms with Crippen molar-refractivity contribution in [3.05, 3.63) is 35.2 Å². The third kappa shape index (κ3) is 2.89. The Labute approximate surface area is 112 Å². The van der Waals surface area contributed by atoms with Gasteiger partial charge in [-0.05, 0) is 25.0 Å². The number of thiazole rings is 1. The molecule has 1 saturated carbocycles. The predicted molar refractivity (Wildman–Crippen MR) is 69.2 cm³/mol. The van der Waals surface area contributed by atoms with E-state index in [2.05, 4.69) is 10.3 Å². The highest BCUT2D eigenvalue weighted by atomic mass is 32.1. The van der Waals surface area contributed by atoms with Crippen LogP contribution in [-0.4, -0.2) is 11.0 Å². The quantitative estimate of drug-likeness (QED) is 0.903. The normalized spacial score (nSPS) is 15.5. The summed E-state index contributed by atoms with van der Waals surface area (Å²) in [6.45, 7) is 0. The number of nitrogens with one attached hydrogen (secondary N) is 1. The Morgan fingerprint density at radius 1 is 1.26 bits per heavy atom. The van der Waals surface area contributed by atoms with E-state index in [-0.39, 0.29) is 0 Å². The molecule has 1 fully saturated rings. The van der Waals surface area contributed by atoms with Crippen molar-refractivity contribution in [3.63, 3.8) is 0 Å². The highest BCUT2D eigenvalue weighted by Crippen LogP contribution is 2.34. The number of hydrogen-bond acceptors (Lipinski definition) is 3. The first-order valence-corrected chi connectivity index (χ1v) is 6.80. The van der Waals surface area contributed by atoms with Crippen LogP contribution in [0.3, 0.4) is 0 Å². The average Bonchev–Trinajstić information content (AvgIpc) is 3.04. The second-order valence-corrected chi connectivity index (χ2v) is 5.39. The van der Waals surface area contributed by atoms with Crippen LogP contribution >= 0.6 is 11.3 Å². The van der Waals surface area contributed by atoms with E-state index < -0.39 is 11.7 Å². The molecule has 0 aliphatic heterocycles. The fourth-order valence-electron chi connectivity index (χ4n) is 1.73. The predicted octanol–water partition coefficient (Wildman–Crippen LogP) is 4.40. The standard InChI is InChI=1S/C13H11F3N2S/c14-13(15,16)9-3-1-2-8(6-9)11-7-19-12(18-11)17-10-4-5-10/h1-3,6-7,10H,4-5H2,(H,17,18). The number of halogens is 3. The summed E-state index contributed by atoms with van der Waals surface area (Å²) in [5.41, 5.74) is 0.434. The number of hydrogen-bond donors (Lipinski definition) is 1. The van der Waals surface area contributed by atoms with E-state index in [0.717, 1.165) is 30.1 Å². The molecule has 2 aromatic rings. The number of nitrogens with zero attached hydrogens (tertiary/aromatic N) is 1. The van der Waals surface area contributed by atoms with Gasteiger partial charge in [0, 0.05) is 17.0 Å². The molecule has 1 N–H and O–H groups in total. The van der Waals surface area contributed by atoms with Gasteiger partial charge in [0.2, 0.25) is 0 Å². The first kappa shape index (κ1) is 12.5. The molecular weight excluding hydrogens is 273 g/mol. The van der Waals surface area contributed by atoms with E-state index in [1.54, 1.807) is 11.4 Å². The Hall–Kier alpha value is -1.56. The minimum atomic E-state index is -4.32. The maximum Gasteiger partial charge on any atom is 0.416 e. The van der Waals surface area contributed by atoms with E-state index in [4.69, 9.17) is 0 Å². The van der Waals surface area contributed by atoms with Crippen LogP contribution in [-0.2, 0) is 6.18 Å². The SMILES string of the molecule is FC(F)(F)c1cccc(-c2csc(NC3CC3)n2)c1. The lowest BCUT2D eigenvalue weighted by Gasteiger charge is -2.07. The summed E-state index contributed by atoms with van der Waals surface area (Å²) in [5, 5.41) is 5.79. The number of aromatic nitrogens is 1. The Bertz CT molecular complexity index is 588. The van der Waals surface area contributed by atoms with Gasteiger partial charge in [-0.25, -0.2) is 4.98 Å². The van der Waals surface area contributed by atoms with Crippen LogP contribution in [0.5, 0.6) is 0 Å². The molecule has 0 saturated heterocycles. The summed E-state index contributed by atoms with van der Waals surface area (Å²) in [7, 11) is 0. The Morgan fingerprint density at radius 3 is 2.74 bits per heavy atom. The lowest BCUT2D eigenvalue weighted by molar-refractivity contribution is -0.137. The van der Waals surface area contributed by atoms with Gasteiger partial charge in [-0.2, -0.15) is 13.2 Å². The fraction of sp³-hybridized carbons (Fsp3) is 0.308. The molecule has 0 bridgehead atoms. The van der Waals surface area contributed by atoms with Crippen LogP contribution in [0.15, 0.2) is 29.6 Å². The zero-order valence-corrected chi connectivity index (χ0v) is 10.7. The van der Waals surface area contributed by atoms with Gasteiger partial charge in [0.15, 0.2) is 5.13 Å². The van der Waals surface area contributed by atoms with Crippen LogP contribution in [0.1, 0.15) is 18.4 Å². The van der Waals surface area contributed by atoms with Crippen molar-refractivity contribution in [2.45, 2.75) is 25.1 Å². The summed E-state index contributed by atoms with van der Waals surface area (Å²) in [5.74, 6) is 0. The van der Waals surface area contributed by atoms with Gasteiger partial charge in [-0.3, -0.25) is 0 Å². The van der Waals surface area contributed by atoms with Crippen molar-refractivity contribution >= 4 is 16.5 Å². The molecule has 0 unspecified atom stereocenters. The van der Waals surface area contributed by atoms with Crippen molar-refractivity contribution in [1.29, 1.82) is 0 Å². The van der Waals surface area contributed by atoms with Gasteiger partial charge in [-0.1, -0.05) is 12.1 Å². The van der Waals surface area contributed by atoms with Crippen LogP contribution in [0.4, 0.5) is 18.3 Å². The number of alkyl halides is 3. The molecule has 6 heteroatoms. The molecule has 2 nitrogen and oxygen atoms in total.